The molecule has 0 saturated carbocycles. The molecule has 5 rings (SSSR count). The summed E-state index contributed by atoms with van der Waals surface area (Å²) in [6, 6.07) is 19.9. The number of allylic oxidation sites excluding steroid dienone is 1. The number of ketones is 1. The van der Waals surface area contributed by atoms with Gasteiger partial charge in [0.05, 0.1) is 24.8 Å². The first-order chi connectivity index (χ1) is 21.9. The number of anilines is 1. The molecule has 8 nitrogen and oxygen atoms in total. The molecule has 0 saturated heterocycles. The van der Waals surface area contributed by atoms with Gasteiger partial charge in [-0.1, -0.05) is 97.1 Å². The van der Waals surface area contributed by atoms with Gasteiger partial charge in [0.15, 0.2) is 27.4 Å². The monoisotopic (exact) mass is 645 g/mol. The number of carbonyl (C=O) groups is 2. The van der Waals surface area contributed by atoms with Gasteiger partial charge in [0, 0.05) is 5.75 Å². The fourth-order valence-electron chi connectivity index (χ4n) is 4.72. The first-order valence-corrected chi connectivity index (χ1v) is 16.3. The van der Waals surface area contributed by atoms with Crippen LogP contribution in [-0.4, -0.2) is 40.2 Å². The van der Waals surface area contributed by atoms with Crippen LogP contribution in [0.25, 0.3) is 6.08 Å². The second kappa shape index (κ2) is 15.0. The largest absolute Gasteiger partial charge is 0.503 e. The summed E-state index contributed by atoms with van der Waals surface area (Å²) in [4.78, 5) is 28.6. The molecule has 232 valence electrons. The van der Waals surface area contributed by atoms with Crippen molar-refractivity contribution in [1.82, 2.24) is 10.2 Å². The first-order valence-electron chi connectivity index (χ1n) is 14.5. The van der Waals surface area contributed by atoms with Crippen LogP contribution in [0.5, 0.6) is 11.5 Å². The molecule has 1 unspecified atom stereocenters. The highest BCUT2D eigenvalue weighted by Gasteiger charge is 2.45. The average Bonchev–Trinajstić information content (AvgIpc) is 3.62. The van der Waals surface area contributed by atoms with Crippen LogP contribution in [0.4, 0.5) is 9.52 Å². The van der Waals surface area contributed by atoms with Gasteiger partial charge in [-0.3, -0.25) is 14.5 Å². The van der Waals surface area contributed by atoms with Crippen LogP contribution in [0, 0.1) is 5.82 Å². The molecule has 0 spiro atoms. The topological polar surface area (TPSA) is 102 Å². The molecule has 45 heavy (non-hydrogen) atoms. The van der Waals surface area contributed by atoms with Gasteiger partial charge in [-0.15, -0.1) is 10.2 Å². The maximum absolute atomic E-state index is 14.2. The maximum atomic E-state index is 14.2. The molecule has 1 N–H and O–H groups in total. The van der Waals surface area contributed by atoms with Gasteiger partial charge >= 0.3 is 0 Å². The van der Waals surface area contributed by atoms with E-state index in [0.717, 1.165) is 29.7 Å². The third kappa shape index (κ3) is 7.43. The van der Waals surface area contributed by atoms with Crippen LogP contribution in [0.1, 0.15) is 49.4 Å². The van der Waals surface area contributed by atoms with Gasteiger partial charge in [0.2, 0.25) is 5.13 Å². The third-order valence-corrected chi connectivity index (χ3v) is 9.05. The smallest absolute Gasteiger partial charge is 0.296 e. The predicted molar refractivity (Wildman–Crippen MR) is 174 cm³/mol. The standard InChI is InChI=1S/C34H32FN3O5S2/c1-3-5-19-43-27-18-16-23(20-28(27)42-4-2)30-29(26(39)17-15-22-11-7-6-8-12-22)31(40)32(41)38(30)33-36-37-34(45-33)44-21-24-13-9-10-14-25(24)35/h6-18,20,30,40H,3-5,19,21H2,1-2H3. The summed E-state index contributed by atoms with van der Waals surface area (Å²) in [5, 5.41) is 19.8. The number of rotatable bonds is 14. The van der Waals surface area contributed by atoms with Crippen LogP contribution < -0.4 is 14.4 Å². The lowest BCUT2D eigenvalue weighted by Gasteiger charge is -2.24. The van der Waals surface area contributed by atoms with Gasteiger partial charge < -0.3 is 14.6 Å². The highest BCUT2D eigenvalue weighted by Crippen LogP contribution is 2.45. The number of thioether (sulfide) groups is 1. The lowest BCUT2D eigenvalue weighted by molar-refractivity contribution is -0.117. The van der Waals surface area contributed by atoms with Crippen molar-refractivity contribution >= 4 is 46.0 Å². The van der Waals surface area contributed by atoms with Crippen molar-refractivity contribution in [3.63, 3.8) is 0 Å². The molecular weight excluding hydrogens is 614 g/mol. The first kappa shape index (κ1) is 31.9. The van der Waals surface area contributed by atoms with E-state index >= 15 is 0 Å². The minimum absolute atomic E-state index is 0.0926. The van der Waals surface area contributed by atoms with Crippen LogP contribution >= 0.6 is 23.1 Å². The van der Waals surface area contributed by atoms with Crippen molar-refractivity contribution in [3.05, 3.63) is 113 Å². The lowest BCUT2D eigenvalue weighted by Crippen LogP contribution is -2.31. The lowest BCUT2D eigenvalue weighted by atomic mass is 9.95. The molecule has 0 radical (unpaired) electrons. The Labute approximate surface area is 269 Å². The van der Waals surface area contributed by atoms with Crippen LogP contribution in [0.2, 0.25) is 0 Å². The molecule has 0 bridgehead atoms. The van der Waals surface area contributed by atoms with Gasteiger partial charge in [-0.05, 0) is 54.3 Å². The molecule has 0 fully saturated rings. The number of nitrogens with zero attached hydrogens (tertiary/aromatic N) is 3. The zero-order chi connectivity index (χ0) is 31.8. The maximum Gasteiger partial charge on any atom is 0.296 e. The molecule has 1 aromatic heterocycles. The van der Waals surface area contributed by atoms with E-state index in [1.165, 1.54) is 28.8 Å². The average molecular weight is 646 g/mol. The Balaban J connectivity index is 1.51. The van der Waals surface area contributed by atoms with E-state index in [-0.39, 0.29) is 16.5 Å². The van der Waals surface area contributed by atoms with E-state index in [1.54, 1.807) is 42.5 Å². The van der Waals surface area contributed by atoms with Gasteiger partial charge in [-0.2, -0.15) is 0 Å². The van der Waals surface area contributed by atoms with Crippen molar-refractivity contribution < 1.29 is 28.6 Å². The summed E-state index contributed by atoms with van der Waals surface area (Å²) in [5.41, 5.74) is 1.73. The molecular formula is C34H32FN3O5S2. The van der Waals surface area contributed by atoms with Crippen LogP contribution in [0.15, 0.2) is 94.5 Å². The number of hydrogen-bond acceptors (Lipinski definition) is 9. The number of carbonyl (C=O) groups excluding carboxylic acids is 2. The van der Waals surface area contributed by atoms with E-state index in [0.29, 0.717) is 45.9 Å². The molecule has 3 aromatic carbocycles. The predicted octanol–water partition coefficient (Wildman–Crippen LogP) is 7.73. The fraction of sp³-hybridized carbons (Fsp3) is 0.235. The Morgan fingerprint density at radius 3 is 2.58 bits per heavy atom. The number of aromatic nitrogens is 2. The molecule has 4 aromatic rings. The van der Waals surface area contributed by atoms with E-state index in [2.05, 4.69) is 17.1 Å². The summed E-state index contributed by atoms with van der Waals surface area (Å²) in [6.07, 6.45) is 4.81. The van der Waals surface area contributed by atoms with Gasteiger partial charge in [0.25, 0.3) is 5.91 Å². The number of benzene rings is 3. The summed E-state index contributed by atoms with van der Waals surface area (Å²) in [5.74, 6) is -0.991. The Kier molecular flexibility index (Phi) is 10.6. The highest BCUT2D eigenvalue weighted by atomic mass is 32.2. The van der Waals surface area contributed by atoms with Crippen molar-refractivity contribution in [2.45, 2.75) is 42.8 Å². The third-order valence-electron chi connectivity index (χ3n) is 6.95. The highest BCUT2D eigenvalue weighted by molar-refractivity contribution is 8.00. The second-order valence-corrected chi connectivity index (χ2v) is 12.2. The van der Waals surface area contributed by atoms with Gasteiger partial charge in [0.1, 0.15) is 5.82 Å². The Hall–Kier alpha value is -4.48. The van der Waals surface area contributed by atoms with Crippen LogP contribution in [-0.2, 0) is 15.3 Å². The Morgan fingerprint density at radius 2 is 1.82 bits per heavy atom. The minimum atomic E-state index is -1.02. The molecule has 0 aliphatic carbocycles. The number of ether oxygens (including phenoxy) is 2. The van der Waals surface area contributed by atoms with Crippen molar-refractivity contribution in [2.75, 3.05) is 18.1 Å². The van der Waals surface area contributed by atoms with E-state index in [1.807, 2.05) is 37.3 Å². The zero-order valence-corrected chi connectivity index (χ0v) is 26.4. The minimum Gasteiger partial charge on any atom is -0.503 e. The zero-order valence-electron chi connectivity index (χ0n) is 24.8. The number of aliphatic hydroxyl groups excluding tert-OH is 1. The Bertz CT molecular complexity index is 1720. The SMILES string of the molecule is CCCCOc1ccc(C2C(C(=O)C=Cc3ccccc3)=C(O)C(=O)N2c2nnc(SCc3ccccc3F)s2)cc1OCC. The van der Waals surface area contributed by atoms with Crippen LogP contribution in [0.3, 0.4) is 0 Å². The van der Waals surface area contributed by atoms with E-state index in [4.69, 9.17) is 9.47 Å². The molecule has 2 heterocycles. The normalized spacial score (nSPS) is 14.9. The molecule has 1 atom stereocenters. The second-order valence-electron chi connectivity index (χ2n) is 10.0. The number of halogens is 1. The van der Waals surface area contributed by atoms with Crippen molar-refractivity contribution in [1.29, 1.82) is 0 Å². The molecule has 1 aliphatic rings. The number of unbranched alkanes of at least 4 members (excludes halogenated alkanes) is 1. The van der Waals surface area contributed by atoms with Crippen molar-refractivity contribution in [2.24, 2.45) is 0 Å². The van der Waals surface area contributed by atoms with Crippen molar-refractivity contribution in [3.8, 4) is 11.5 Å². The van der Waals surface area contributed by atoms with Gasteiger partial charge in [-0.25, -0.2) is 4.39 Å². The fourth-order valence-corrected chi connectivity index (χ4v) is 6.57. The summed E-state index contributed by atoms with van der Waals surface area (Å²) >= 11 is 2.39. The van der Waals surface area contributed by atoms with E-state index in [9.17, 15) is 19.1 Å². The molecule has 1 amide bonds. The summed E-state index contributed by atoms with van der Waals surface area (Å²) in [7, 11) is 0. The summed E-state index contributed by atoms with van der Waals surface area (Å²) in [6.45, 7) is 4.80. The summed E-state index contributed by atoms with van der Waals surface area (Å²) < 4.78 is 26.5. The quantitative estimate of drug-likeness (QED) is 0.0644. The number of aliphatic hydroxyl groups is 1. The number of hydrogen-bond donors (Lipinski definition) is 1. The molecule has 1 aliphatic heterocycles. The van der Waals surface area contributed by atoms with E-state index < -0.39 is 23.5 Å². The Morgan fingerprint density at radius 1 is 1.04 bits per heavy atom. The number of amides is 1. The molecule has 11 heteroatoms.